The molecule has 0 bridgehead atoms. The lowest BCUT2D eigenvalue weighted by atomic mass is 9.76. The molecule has 0 amide bonds. The van der Waals surface area contributed by atoms with Crippen molar-refractivity contribution in [2.75, 3.05) is 0 Å². The van der Waals surface area contributed by atoms with E-state index in [9.17, 15) is 0 Å². The molecule has 0 N–H and O–H groups in total. The first-order valence-electron chi connectivity index (χ1n) is 11.6. The van der Waals surface area contributed by atoms with E-state index >= 15 is 5.21 Å². The van der Waals surface area contributed by atoms with E-state index < -0.39 is 11.1 Å². The van der Waals surface area contributed by atoms with Gasteiger partial charge in [-0.3, -0.25) is 0 Å². The molecular formula is C32H24NO. The Bertz CT molecular complexity index is 1210. The van der Waals surface area contributed by atoms with Crippen molar-refractivity contribution in [3.05, 3.63) is 179 Å². The van der Waals surface area contributed by atoms with Gasteiger partial charge in [-0.15, -0.1) is 10.3 Å². The second-order valence-electron chi connectivity index (χ2n) is 8.72. The summed E-state index contributed by atoms with van der Waals surface area (Å²) in [5.41, 5.74) is 3.82. The number of fused-ring (bicyclic) bond motifs is 1. The van der Waals surface area contributed by atoms with Crippen molar-refractivity contribution < 1.29 is 5.21 Å². The molecule has 0 aromatic heterocycles. The molecule has 0 saturated carbocycles. The van der Waals surface area contributed by atoms with Crippen LogP contribution in [0, 0.1) is 0 Å². The smallest absolute Gasteiger partial charge is 0.118 e. The first-order valence-corrected chi connectivity index (χ1v) is 11.6. The van der Waals surface area contributed by atoms with Gasteiger partial charge in [0.1, 0.15) is 11.1 Å². The molecule has 6 rings (SSSR count). The molecule has 0 unspecified atom stereocenters. The summed E-state index contributed by atoms with van der Waals surface area (Å²) in [7, 11) is 0. The van der Waals surface area contributed by atoms with Gasteiger partial charge in [-0.1, -0.05) is 146 Å². The van der Waals surface area contributed by atoms with Crippen LogP contribution in [0.5, 0.6) is 0 Å². The van der Waals surface area contributed by atoms with E-state index in [-0.39, 0.29) is 0 Å². The van der Waals surface area contributed by atoms with Crippen molar-refractivity contribution >= 4 is 0 Å². The highest BCUT2D eigenvalue weighted by atomic mass is 16.5. The third-order valence-electron chi connectivity index (χ3n) is 7.08. The molecule has 1 aliphatic heterocycles. The van der Waals surface area contributed by atoms with Gasteiger partial charge in [0.2, 0.25) is 0 Å². The van der Waals surface area contributed by atoms with Crippen molar-refractivity contribution in [1.29, 1.82) is 0 Å². The minimum atomic E-state index is -1.01. The predicted molar refractivity (Wildman–Crippen MR) is 134 cm³/mol. The maximum atomic E-state index is 15.3. The number of hydrogen-bond donors (Lipinski definition) is 0. The number of hydrogen-bond acceptors (Lipinski definition) is 1. The lowest BCUT2D eigenvalue weighted by Gasteiger charge is -2.43. The predicted octanol–water partition coefficient (Wildman–Crippen LogP) is 6.93. The van der Waals surface area contributed by atoms with Crippen LogP contribution < -0.4 is 0 Å². The molecular weight excluding hydrogens is 414 g/mol. The van der Waals surface area contributed by atoms with Gasteiger partial charge in [0, 0.05) is 0 Å². The zero-order valence-corrected chi connectivity index (χ0v) is 18.7. The second kappa shape index (κ2) is 8.11. The topological polar surface area (TPSA) is 23.1 Å². The zero-order chi connectivity index (χ0) is 23.0. The van der Waals surface area contributed by atoms with E-state index in [1.54, 1.807) is 0 Å². The number of rotatable bonds is 4. The largest absolute Gasteiger partial charge is 0.126 e. The summed E-state index contributed by atoms with van der Waals surface area (Å²) in [6.07, 6.45) is 0. The van der Waals surface area contributed by atoms with E-state index in [0.29, 0.717) is 0 Å². The van der Waals surface area contributed by atoms with Crippen molar-refractivity contribution in [3.8, 4) is 0 Å². The SMILES string of the molecule is [O]N1C(c2ccccc2)(c2ccccc2)c2ccccc2C1(c1ccccc1)c1ccccc1. The van der Waals surface area contributed by atoms with Gasteiger partial charge in [0.25, 0.3) is 0 Å². The standard InChI is InChI=1S/C32H24NO/c34-33-31(25-15-5-1-6-16-25,26-17-7-2-8-18-26)29-23-13-14-24-30(29)32(33,27-19-9-3-10-20-27)28-21-11-4-12-22-28/h1-24H. The van der Waals surface area contributed by atoms with Crippen LogP contribution in [0.25, 0.3) is 0 Å². The average Bonchev–Trinajstić information content (AvgIpc) is 3.17. The van der Waals surface area contributed by atoms with Gasteiger partial charge in [-0.25, -0.2) is 0 Å². The van der Waals surface area contributed by atoms with E-state index in [1.165, 1.54) is 5.06 Å². The van der Waals surface area contributed by atoms with Crippen molar-refractivity contribution in [1.82, 2.24) is 5.06 Å². The lowest BCUT2D eigenvalue weighted by Crippen LogP contribution is -2.50. The second-order valence-corrected chi connectivity index (χ2v) is 8.72. The van der Waals surface area contributed by atoms with E-state index in [0.717, 1.165) is 33.4 Å². The molecule has 2 nitrogen and oxygen atoms in total. The Balaban J connectivity index is 1.80. The van der Waals surface area contributed by atoms with Crippen LogP contribution in [-0.4, -0.2) is 5.06 Å². The average molecular weight is 439 g/mol. The first-order chi connectivity index (χ1) is 16.8. The minimum absolute atomic E-state index is 0.956. The monoisotopic (exact) mass is 438 g/mol. The molecule has 0 spiro atoms. The molecule has 0 fully saturated rings. The van der Waals surface area contributed by atoms with Gasteiger partial charge in [0.15, 0.2) is 0 Å². The first kappa shape index (κ1) is 20.6. The molecule has 0 aliphatic carbocycles. The molecule has 2 heteroatoms. The minimum Gasteiger partial charge on any atom is -0.118 e. The highest BCUT2D eigenvalue weighted by molar-refractivity contribution is 5.64. The Labute approximate surface area is 200 Å². The number of hydroxylamine groups is 2. The van der Waals surface area contributed by atoms with Crippen molar-refractivity contribution in [2.24, 2.45) is 0 Å². The van der Waals surface area contributed by atoms with Crippen LogP contribution >= 0.6 is 0 Å². The Hall–Kier alpha value is -3.98. The molecule has 1 heterocycles. The molecule has 0 atom stereocenters. The molecule has 34 heavy (non-hydrogen) atoms. The zero-order valence-electron chi connectivity index (χ0n) is 18.7. The fraction of sp³-hybridized carbons (Fsp3) is 0.0625. The van der Waals surface area contributed by atoms with Gasteiger partial charge in [0.05, 0.1) is 0 Å². The fourth-order valence-corrected chi connectivity index (χ4v) is 5.73. The molecule has 1 radical (unpaired) electrons. The maximum absolute atomic E-state index is 15.3. The van der Waals surface area contributed by atoms with E-state index in [4.69, 9.17) is 0 Å². The normalized spacial score (nSPS) is 16.1. The fourth-order valence-electron chi connectivity index (χ4n) is 5.73. The van der Waals surface area contributed by atoms with E-state index in [2.05, 4.69) is 60.7 Å². The van der Waals surface area contributed by atoms with Crippen LogP contribution in [-0.2, 0) is 16.3 Å². The highest BCUT2D eigenvalue weighted by Crippen LogP contribution is 2.60. The van der Waals surface area contributed by atoms with Crippen LogP contribution in [0.1, 0.15) is 33.4 Å². The third-order valence-corrected chi connectivity index (χ3v) is 7.08. The number of nitrogens with zero attached hydrogens (tertiary/aromatic N) is 1. The van der Waals surface area contributed by atoms with Crippen molar-refractivity contribution in [3.63, 3.8) is 0 Å². The summed E-state index contributed by atoms with van der Waals surface area (Å²) in [6, 6.07) is 49.0. The number of benzene rings is 5. The summed E-state index contributed by atoms with van der Waals surface area (Å²) in [5.74, 6) is 0. The Morgan fingerprint density at radius 2 is 0.588 bits per heavy atom. The van der Waals surface area contributed by atoms with Crippen LogP contribution in [0.4, 0.5) is 0 Å². The van der Waals surface area contributed by atoms with Crippen molar-refractivity contribution in [2.45, 2.75) is 11.1 Å². The Morgan fingerprint density at radius 1 is 0.353 bits per heavy atom. The summed E-state index contributed by atoms with van der Waals surface area (Å²) >= 11 is 0. The quantitative estimate of drug-likeness (QED) is 0.298. The summed E-state index contributed by atoms with van der Waals surface area (Å²) < 4.78 is 0. The molecule has 163 valence electrons. The van der Waals surface area contributed by atoms with Crippen LogP contribution in [0.3, 0.4) is 0 Å². The molecule has 0 saturated heterocycles. The van der Waals surface area contributed by atoms with Crippen LogP contribution in [0.2, 0.25) is 0 Å². The van der Waals surface area contributed by atoms with Gasteiger partial charge >= 0.3 is 0 Å². The summed E-state index contributed by atoms with van der Waals surface area (Å²) in [4.78, 5) is 0. The van der Waals surface area contributed by atoms with Gasteiger partial charge in [-0.05, 0) is 33.4 Å². The van der Waals surface area contributed by atoms with Crippen LogP contribution in [0.15, 0.2) is 146 Å². The summed E-state index contributed by atoms with van der Waals surface area (Å²) in [6.45, 7) is 0. The molecule has 5 aromatic rings. The third kappa shape index (κ3) is 2.70. The lowest BCUT2D eigenvalue weighted by molar-refractivity contribution is -0.241. The van der Waals surface area contributed by atoms with Gasteiger partial charge < -0.3 is 0 Å². The molecule has 5 aromatic carbocycles. The molecule has 1 aliphatic rings. The van der Waals surface area contributed by atoms with Gasteiger partial charge in [-0.2, -0.15) is 0 Å². The summed E-state index contributed by atoms with van der Waals surface area (Å²) in [5, 5.41) is 16.7. The Kier molecular flexibility index (Phi) is 4.91. The highest BCUT2D eigenvalue weighted by Gasteiger charge is 2.62. The van der Waals surface area contributed by atoms with E-state index in [1.807, 2.05) is 84.9 Å². The Morgan fingerprint density at radius 3 is 0.853 bits per heavy atom. The maximum Gasteiger partial charge on any atom is 0.126 e.